The van der Waals surface area contributed by atoms with Crippen molar-refractivity contribution >= 4 is 34.2 Å². The summed E-state index contributed by atoms with van der Waals surface area (Å²) < 4.78 is 0. The van der Waals surface area contributed by atoms with E-state index in [1.807, 2.05) is 18.2 Å². The second-order valence-corrected chi connectivity index (χ2v) is 5.75. The second-order valence-electron chi connectivity index (χ2n) is 5.32. The van der Waals surface area contributed by atoms with E-state index in [0.29, 0.717) is 18.1 Å². The highest BCUT2D eigenvalue weighted by molar-refractivity contribution is 6.31. The van der Waals surface area contributed by atoms with Gasteiger partial charge in [0.15, 0.2) is 5.60 Å². The van der Waals surface area contributed by atoms with Crippen molar-refractivity contribution in [2.75, 3.05) is 18.0 Å². The van der Waals surface area contributed by atoms with Crippen molar-refractivity contribution in [3.8, 4) is 0 Å². The number of aliphatic carboxylic acids is 1. The first-order chi connectivity index (χ1) is 9.99. The Kier molecular flexibility index (Phi) is 3.47. The van der Waals surface area contributed by atoms with Gasteiger partial charge in [0.25, 0.3) is 0 Å². The highest BCUT2D eigenvalue weighted by Gasteiger charge is 2.39. The molecule has 0 unspecified atom stereocenters. The molecule has 21 heavy (non-hydrogen) atoms. The first-order valence-corrected chi connectivity index (χ1v) is 7.12. The lowest BCUT2D eigenvalue weighted by Gasteiger charge is -2.37. The number of benzene rings is 1. The van der Waals surface area contributed by atoms with Crippen LogP contribution in [0.3, 0.4) is 0 Å². The molecule has 0 radical (unpaired) electrons. The molecule has 1 saturated heterocycles. The second kappa shape index (κ2) is 5.16. The number of halogens is 1. The molecular formula is C15H15ClN2O3. The van der Waals surface area contributed by atoms with Crippen molar-refractivity contribution in [1.82, 2.24) is 4.98 Å². The monoisotopic (exact) mass is 306 g/mol. The highest BCUT2D eigenvalue weighted by atomic mass is 35.5. The van der Waals surface area contributed by atoms with Gasteiger partial charge in [-0.15, -0.1) is 0 Å². The third-order valence-corrected chi connectivity index (χ3v) is 4.25. The van der Waals surface area contributed by atoms with Crippen molar-refractivity contribution in [1.29, 1.82) is 0 Å². The molecule has 5 nitrogen and oxygen atoms in total. The summed E-state index contributed by atoms with van der Waals surface area (Å²) in [6, 6.07) is 7.43. The molecule has 0 aliphatic carbocycles. The summed E-state index contributed by atoms with van der Waals surface area (Å²) in [6.07, 6.45) is 2.13. The molecule has 2 heterocycles. The molecule has 2 N–H and O–H groups in total. The van der Waals surface area contributed by atoms with Crippen LogP contribution in [-0.4, -0.2) is 39.9 Å². The van der Waals surface area contributed by atoms with Crippen LogP contribution in [0, 0.1) is 0 Å². The van der Waals surface area contributed by atoms with E-state index >= 15 is 0 Å². The van der Waals surface area contributed by atoms with Gasteiger partial charge in [0.05, 0.1) is 5.52 Å². The number of rotatable bonds is 2. The van der Waals surface area contributed by atoms with Crippen molar-refractivity contribution < 1.29 is 15.0 Å². The zero-order valence-corrected chi connectivity index (χ0v) is 12.0. The van der Waals surface area contributed by atoms with Gasteiger partial charge in [0, 0.05) is 48.2 Å². The number of anilines is 1. The Hall–Kier alpha value is -1.85. The van der Waals surface area contributed by atoms with Crippen LogP contribution in [0.5, 0.6) is 0 Å². The summed E-state index contributed by atoms with van der Waals surface area (Å²) >= 11 is 5.98. The zero-order chi connectivity index (χ0) is 15.0. The topological polar surface area (TPSA) is 73.7 Å². The fraction of sp³-hybridized carbons (Fsp3) is 0.333. The van der Waals surface area contributed by atoms with Gasteiger partial charge in [0.1, 0.15) is 0 Å². The molecule has 1 fully saturated rings. The van der Waals surface area contributed by atoms with Crippen LogP contribution in [0.4, 0.5) is 5.69 Å². The highest BCUT2D eigenvalue weighted by Crippen LogP contribution is 2.31. The molecule has 1 aromatic heterocycles. The molecule has 3 rings (SSSR count). The molecule has 0 bridgehead atoms. The van der Waals surface area contributed by atoms with E-state index in [-0.39, 0.29) is 12.8 Å². The number of aromatic nitrogens is 1. The minimum absolute atomic E-state index is 0.208. The first-order valence-electron chi connectivity index (χ1n) is 6.75. The summed E-state index contributed by atoms with van der Waals surface area (Å²) in [5.41, 5.74) is 0.186. The van der Waals surface area contributed by atoms with Gasteiger partial charge in [-0.05, 0) is 24.3 Å². The van der Waals surface area contributed by atoms with Gasteiger partial charge in [-0.1, -0.05) is 11.6 Å². The first kappa shape index (κ1) is 14.1. The number of hydrogen-bond donors (Lipinski definition) is 2. The normalized spacial score (nSPS) is 17.9. The van der Waals surface area contributed by atoms with E-state index in [1.165, 1.54) is 0 Å². The van der Waals surface area contributed by atoms with E-state index in [1.54, 1.807) is 12.3 Å². The van der Waals surface area contributed by atoms with Gasteiger partial charge in [0.2, 0.25) is 0 Å². The molecule has 0 atom stereocenters. The quantitative estimate of drug-likeness (QED) is 0.890. The lowest BCUT2D eigenvalue weighted by Crippen LogP contribution is -2.49. The Bertz CT molecular complexity index is 696. The molecule has 6 heteroatoms. The third-order valence-electron chi connectivity index (χ3n) is 4.01. The van der Waals surface area contributed by atoms with E-state index in [2.05, 4.69) is 9.88 Å². The standard InChI is InChI=1S/C15H15ClN2O3/c16-10-1-2-11-12(9-10)17-6-3-13(11)18-7-4-15(21,5-8-18)14(19)20/h1-3,6,9,21H,4-5,7-8H2,(H,19,20). The SMILES string of the molecule is O=C(O)C1(O)CCN(c2ccnc3cc(Cl)ccc23)CC1. The van der Waals surface area contributed by atoms with Gasteiger partial charge in [-0.2, -0.15) is 0 Å². The molecule has 1 aliphatic heterocycles. The third kappa shape index (κ3) is 2.54. The number of carboxylic acid groups (broad SMARTS) is 1. The number of hydrogen-bond acceptors (Lipinski definition) is 4. The minimum Gasteiger partial charge on any atom is -0.479 e. The Morgan fingerprint density at radius 2 is 2.00 bits per heavy atom. The summed E-state index contributed by atoms with van der Waals surface area (Å²) in [7, 11) is 0. The number of pyridine rings is 1. The van der Waals surface area contributed by atoms with Gasteiger partial charge in [-0.25, -0.2) is 4.79 Å². The van der Waals surface area contributed by atoms with Crippen LogP contribution in [0.15, 0.2) is 30.5 Å². The van der Waals surface area contributed by atoms with Crippen LogP contribution in [-0.2, 0) is 4.79 Å². The summed E-state index contributed by atoms with van der Waals surface area (Å²) in [5, 5.41) is 20.7. The smallest absolute Gasteiger partial charge is 0.335 e. The number of aliphatic hydroxyl groups is 1. The number of carbonyl (C=O) groups is 1. The van der Waals surface area contributed by atoms with Gasteiger partial charge < -0.3 is 15.1 Å². The van der Waals surface area contributed by atoms with E-state index in [4.69, 9.17) is 16.7 Å². The lowest BCUT2D eigenvalue weighted by atomic mass is 9.91. The van der Waals surface area contributed by atoms with Crippen molar-refractivity contribution in [2.45, 2.75) is 18.4 Å². The van der Waals surface area contributed by atoms with Crippen LogP contribution >= 0.6 is 11.6 Å². The van der Waals surface area contributed by atoms with Crippen molar-refractivity contribution in [3.05, 3.63) is 35.5 Å². The molecule has 1 aliphatic rings. The average Bonchev–Trinajstić information content (AvgIpc) is 2.47. The van der Waals surface area contributed by atoms with Crippen molar-refractivity contribution in [2.24, 2.45) is 0 Å². The Balaban J connectivity index is 1.91. The molecule has 0 saturated carbocycles. The summed E-state index contributed by atoms with van der Waals surface area (Å²) in [4.78, 5) is 17.5. The van der Waals surface area contributed by atoms with E-state index in [9.17, 15) is 9.90 Å². The van der Waals surface area contributed by atoms with Crippen LogP contribution in [0.25, 0.3) is 10.9 Å². The molecular weight excluding hydrogens is 292 g/mol. The van der Waals surface area contributed by atoms with Gasteiger partial charge >= 0.3 is 5.97 Å². The van der Waals surface area contributed by atoms with Crippen LogP contribution < -0.4 is 4.90 Å². The maximum Gasteiger partial charge on any atom is 0.335 e. The molecule has 0 amide bonds. The Morgan fingerprint density at radius 1 is 1.29 bits per heavy atom. The average molecular weight is 307 g/mol. The maximum atomic E-state index is 11.1. The molecule has 0 spiro atoms. The van der Waals surface area contributed by atoms with Gasteiger partial charge in [-0.3, -0.25) is 4.98 Å². The maximum absolute atomic E-state index is 11.1. The minimum atomic E-state index is -1.61. The number of carboxylic acids is 1. The lowest BCUT2D eigenvalue weighted by molar-refractivity contribution is -0.160. The largest absolute Gasteiger partial charge is 0.479 e. The fourth-order valence-corrected chi connectivity index (χ4v) is 2.88. The van der Waals surface area contributed by atoms with Crippen LogP contribution in [0.1, 0.15) is 12.8 Å². The number of nitrogens with zero attached hydrogens (tertiary/aromatic N) is 2. The van der Waals surface area contributed by atoms with Crippen molar-refractivity contribution in [3.63, 3.8) is 0 Å². The predicted molar refractivity (Wildman–Crippen MR) is 80.8 cm³/mol. The predicted octanol–water partition coefficient (Wildman–Crippen LogP) is 2.30. The van der Waals surface area contributed by atoms with Crippen LogP contribution in [0.2, 0.25) is 5.02 Å². The zero-order valence-electron chi connectivity index (χ0n) is 11.3. The molecule has 110 valence electrons. The number of fused-ring (bicyclic) bond motifs is 1. The summed E-state index contributed by atoms with van der Waals surface area (Å²) in [5.74, 6) is -1.14. The number of piperidine rings is 1. The fourth-order valence-electron chi connectivity index (χ4n) is 2.71. The molecule has 2 aromatic rings. The Labute approximate surface area is 126 Å². The summed E-state index contributed by atoms with van der Waals surface area (Å²) in [6.45, 7) is 0.981. The Morgan fingerprint density at radius 3 is 2.67 bits per heavy atom. The molecule has 1 aromatic carbocycles. The van der Waals surface area contributed by atoms with E-state index < -0.39 is 11.6 Å². The van der Waals surface area contributed by atoms with E-state index in [0.717, 1.165) is 16.6 Å².